The Labute approximate surface area is 133 Å². The molecule has 0 spiro atoms. The highest BCUT2D eigenvalue weighted by molar-refractivity contribution is 5.75. The van der Waals surface area contributed by atoms with E-state index in [2.05, 4.69) is 41.4 Å². The lowest BCUT2D eigenvalue weighted by molar-refractivity contribution is 0.179. The maximum Gasteiger partial charge on any atom is 0.317 e. The van der Waals surface area contributed by atoms with Crippen molar-refractivity contribution in [2.45, 2.75) is 38.6 Å². The fourth-order valence-corrected chi connectivity index (χ4v) is 3.59. The van der Waals surface area contributed by atoms with Crippen molar-refractivity contribution in [1.82, 2.24) is 10.2 Å². The fourth-order valence-electron chi connectivity index (χ4n) is 3.59. The Balaban J connectivity index is 1.49. The SMILES string of the molecule is C[C@H]1CCCC[C@H]1NC(=O)N1CCN(c2ccccc2)CC1. The van der Waals surface area contributed by atoms with Gasteiger partial charge >= 0.3 is 6.03 Å². The van der Waals surface area contributed by atoms with Crippen LogP contribution in [-0.2, 0) is 0 Å². The van der Waals surface area contributed by atoms with Gasteiger partial charge in [0.25, 0.3) is 0 Å². The Hall–Kier alpha value is -1.71. The molecule has 2 aliphatic rings. The zero-order valence-electron chi connectivity index (χ0n) is 13.5. The van der Waals surface area contributed by atoms with Crippen LogP contribution in [0.2, 0.25) is 0 Å². The molecule has 1 N–H and O–H groups in total. The molecule has 120 valence electrons. The maximum atomic E-state index is 12.5. The van der Waals surface area contributed by atoms with Gasteiger partial charge in [-0.1, -0.05) is 38.0 Å². The molecular weight excluding hydrogens is 274 g/mol. The first kappa shape index (κ1) is 15.2. The molecule has 4 heteroatoms. The summed E-state index contributed by atoms with van der Waals surface area (Å²) in [5, 5.41) is 3.26. The average molecular weight is 301 g/mol. The van der Waals surface area contributed by atoms with E-state index in [1.807, 2.05) is 11.0 Å². The largest absolute Gasteiger partial charge is 0.368 e. The van der Waals surface area contributed by atoms with Gasteiger partial charge in [-0.3, -0.25) is 0 Å². The van der Waals surface area contributed by atoms with Gasteiger partial charge in [-0.2, -0.15) is 0 Å². The highest BCUT2D eigenvalue weighted by Gasteiger charge is 2.26. The Kier molecular flexibility index (Phi) is 4.86. The van der Waals surface area contributed by atoms with Gasteiger partial charge in [0, 0.05) is 37.9 Å². The van der Waals surface area contributed by atoms with Crippen molar-refractivity contribution in [1.29, 1.82) is 0 Å². The monoisotopic (exact) mass is 301 g/mol. The third kappa shape index (κ3) is 3.54. The standard InChI is InChI=1S/C18H27N3O/c1-15-7-5-6-10-17(15)19-18(22)21-13-11-20(12-14-21)16-8-3-2-4-9-16/h2-4,8-9,15,17H,5-7,10-14H2,1H3,(H,19,22)/t15-,17+/m0/s1. The number of benzene rings is 1. The van der Waals surface area contributed by atoms with E-state index in [9.17, 15) is 4.79 Å². The van der Waals surface area contributed by atoms with E-state index in [1.54, 1.807) is 0 Å². The van der Waals surface area contributed by atoms with E-state index in [-0.39, 0.29) is 6.03 Å². The van der Waals surface area contributed by atoms with Crippen LogP contribution < -0.4 is 10.2 Å². The van der Waals surface area contributed by atoms with Crippen molar-refractivity contribution in [2.75, 3.05) is 31.1 Å². The summed E-state index contributed by atoms with van der Waals surface area (Å²) in [6, 6.07) is 11.0. The van der Waals surface area contributed by atoms with Crippen molar-refractivity contribution >= 4 is 11.7 Å². The van der Waals surface area contributed by atoms with Gasteiger partial charge in [0.1, 0.15) is 0 Å². The summed E-state index contributed by atoms with van der Waals surface area (Å²) < 4.78 is 0. The number of para-hydroxylation sites is 1. The molecule has 0 aromatic heterocycles. The number of carbonyl (C=O) groups excluding carboxylic acids is 1. The third-order valence-electron chi connectivity index (χ3n) is 5.11. The summed E-state index contributed by atoms with van der Waals surface area (Å²) in [6.07, 6.45) is 4.93. The van der Waals surface area contributed by atoms with E-state index >= 15 is 0 Å². The lowest BCUT2D eigenvalue weighted by Gasteiger charge is -2.38. The van der Waals surface area contributed by atoms with Crippen LogP contribution in [0.5, 0.6) is 0 Å². The minimum absolute atomic E-state index is 0.131. The number of hydrogen-bond acceptors (Lipinski definition) is 2. The first-order valence-corrected chi connectivity index (χ1v) is 8.59. The Morgan fingerprint density at radius 3 is 2.41 bits per heavy atom. The van der Waals surface area contributed by atoms with Gasteiger partial charge in [-0.25, -0.2) is 4.79 Å². The number of hydrogen-bond donors (Lipinski definition) is 1. The van der Waals surface area contributed by atoms with E-state index in [0.29, 0.717) is 12.0 Å². The molecular formula is C18H27N3O. The second kappa shape index (κ2) is 7.03. The van der Waals surface area contributed by atoms with Crippen molar-refractivity contribution in [3.63, 3.8) is 0 Å². The summed E-state index contributed by atoms with van der Waals surface area (Å²) in [6.45, 7) is 5.70. The van der Waals surface area contributed by atoms with Crippen LogP contribution in [0.3, 0.4) is 0 Å². The van der Waals surface area contributed by atoms with Gasteiger partial charge in [0.15, 0.2) is 0 Å². The van der Waals surface area contributed by atoms with E-state index < -0.39 is 0 Å². The van der Waals surface area contributed by atoms with E-state index in [1.165, 1.54) is 24.9 Å². The minimum Gasteiger partial charge on any atom is -0.368 e. The molecule has 1 aliphatic carbocycles. The van der Waals surface area contributed by atoms with Crippen molar-refractivity contribution in [3.05, 3.63) is 30.3 Å². The van der Waals surface area contributed by atoms with Gasteiger partial charge < -0.3 is 15.1 Å². The zero-order valence-corrected chi connectivity index (χ0v) is 13.5. The smallest absolute Gasteiger partial charge is 0.317 e. The molecule has 1 saturated heterocycles. The molecule has 2 amide bonds. The maximum absolute atomic E-state index is 12.5. The summed E-state index contributed by atoms with van der Waals surface area (Å²) in [7, 11) is 0. The molecule has 22 heavy (non-hydrogen) atoms. The molecule has 2 fully saturated rings. The molecule has 4 nitrogen and oxygen atoms in total. The first-order chi connectivity index (χ1) is 10.7. The lowest BCUT2D eigenvalue weighted by Crippen LogP contribution is -2.54. The topological polar surface area (TPSA) is 35.6 Å². The molecule has 1 saturated carbocycles. The molecule has 0 radical (unpaired) electrons. The molecule has 0 unspecified atom stereocenters. The number of nitrogens with zero attached hydrogens (tertiary/aromatic N) is 2. The van der Waals surface area contributed by atoms with Crippen LogP contribution >= 0.6 is 0 Å². The van der Waals surface area contributed by atoms with Crippen LogP contribution in [0.25, 0.3) is 0 Å². The molecule has 2 atom stereocenters. The highest BCUT2D eigenvalue weighted by atomic mass is 16.2. The Bertz CT molecular complexity index is 482. The first-order valence-electron chi connectivity index (χ1n) is 8.59. The van der Waals surface area contributed by atoms with Crippen molar-refractivity contribution in [2.24, 2.45) is 5.92 Å². The summed E-state index contributed by atoms with van der Waals surface area (Å²) in [5.74, 6) is 0.614. The summed E-state index contributed by atoms with van der Waals surface area (Å²) >= 11 is 0. The second-order valence-corrected chi connectivity index (χ2v) is 6.63. The van der Waals surface area contributed by atoms with Crippen LogP contribution in [0.1, 0.15) is 32.6 Å². The summed E-state index contributed by atoms with van der Waals surface area (Å²) in [4.78, 5) is 16.8. The van der Waals surface area contributed by atoms with Crippen LogP contribution in [0.15, 0.2) is 30.3 Å². The average Bonchev–Trinajstić information content (AvgIpc) is 2.58. The molecule has 0 bridgehead atoms. The molecule has 1 aromatic carbocycles. The highest BCUT2D eigenvalue weighted by Crippen LogP contribution is 2.24. The van der Waals surface area contributed by atoms with Crippen molar-refractivity contribution < 1.29 is 4.79 Å². The van der Waals surface area contributed by atoms with E-state index in [0.717, 1.165) is 32.6 Å². The number of nitrogens with one attached hydrogen (secondary N) is 1. The van der Waals surface area contributed by atoms with Gasteiger partial charge in [0.05, 0.1) is 0 Å². The molecule has 3 rings (SSSR count). The molecule has 1 aliphatic heterocycles. The number of amides is 2. The number of urea groups is 1. The number of piperazine rings is 1. The third-order valence-corrected chi connectivity index (χ3v) is 5.11. The Morgan fingerprint density at radius 1 is 1.05 bits per heavy atom. The molecule has 1 aromatic rings. The zero-order chi connectivity index (χ0) is 15.4. The van der Waals surface area contributed by atoms with Crippen LogP contribution in [-0.4, -0.2) is 43.2 Å². The summed E-state index contributed by atoms with van der Waals surface area (Å²) in [5.41, 5.74) is 1.25. The number of rotatable bonds is 2. The quantitative estimate of drug-likeness (QED) is 0.911. The van der Waals surface area contributed by atoms with Gasteiger partial charge in [-0.05, 0) is 30.9 Å². The minimum atomic E-state index is 0.131. The van der Waals surface area contributed by atoms with Gasteiger partial charge in [-0.15, -0.1) is 0 Å². The second-order valence-electron chi connectivity index (χ2n) is 6.63. The van der Waals surface area contributed by atoms with Crippen LogP contribution in [0, 0.1) is 5.92 Å². The Morgan fingerprint density at radius 2 is 1.73 bits per heavy atom. The number of anilines is 1. The normalized spacial score (nSPS) is 25.9. The van der Waals surface area contributed by atoms with E-state index in [4.69, 9.17) is 0 Å². The molecule has 1 heterocycles. The number of carbonyl (C=O) groups is 1. The van der Waals surface area contributed by atoms with Crippen LogP contribution in [0.4, 0.5) is 10.5 Å². The lowest BCUT2D eigenvalue weighted by atomic mass is 9.86. The fraction of sp³-hybridized carbons (Fsp3) is 0.611. The van der Waals surface area contributed by atoms with Gasteiger partial charge in [0.2, 0.25) is 0 Å². The van der Waals surface area contributed by atoms with Crippen molar-refractivity contribution in [3.8, 4) is 0 Å². The predicted molar refractivity (Wildman–Crippen MR) is 90.2 cm³/mol. The predicted octanol–water partition coefficient (Wildman–Crippen LogP) is 3.10.